The molecule has 0 radical (unpaired) electrons. The molecule has 2 heterocycles. The number of aliphatic carboxylic acids is 1. The number of halogens is 1. The number of aromatic nitrogens is 3. The van der Waals surface area contributed by atoms with Gasteiger partial charge in [0.25, 0.3) is 5.56 Å². The molecule has 0 aliphatic rings. The van der Waals surface area contributed by atoms with E-state index in [2.05, 4.69) is 9.97 Å². The zero-order valence-electron chi connectivity index (χ0n) is 12.0. The number of hydrogen-bond donors (Lipinski definition) is 3. The Morgan fingerprint density at radius 3 is 2.67 bits per heavy atom. The van der Waals surface area contributed by atoms with Gasteiger partial charge in [-0.3, -0.25) is 14.2 Å². The van der Waals surface area contributed by atoms with E-state index in [9.17, 15) is 19.8 Å². The highest BCUT2D eigenvalue weighted by atomic mass is 35.5. The zero-order valence-corrected chi connectivity index (χ0v) is 12.7. The van der Waals surface area contributed by atoms with Crippen LogP contribution in [0, 0.1) is 0 Å². The molecule has 3 aromatic rings. The summed E-state index contributed by atoms with van der Waals surface area (Å²) in [5.74, 6) is -1.79. The molecule has 0 amide bonds. The summed E-state index contributed by atoms with van der Waals surface area (Å²) in [4.78, 5) is 31.8. The molecule has 8 nitrogen and oxygen atoms in total. The van der Waals surface area contributed by atoms with Crippen LogP contribution in [0.5, 0.6) is 11.5 Å². The molecule has 9 heteroatoms. The van der Waals surface area contributed by atoms with Crippen molar-refractivity contribution in [1.29, 1.82) is 0 Å². The Bertz CT molecular complexity index is 1030. The first kappa shape index (κ1) is 15.8. The molecule has 0 spiro atoms. The average Bonchev–Trinajstić information content (AvgIpc) is 2.50. The van der Waals surface area contributed by atoms with E-state index in [1.807, 2.05) is 0 Å². The zero-order chi connectivity index (χ0) is 17.4. The number of fused-ring (bicyclic) bond motifs is 1. The third-order valence-corrected chi connectivity index (χ3v) is 3.49. The Morgan fingerprint density at radius 1 is 1.25 bits per heavy atom. The number of benzene rings is 1. The fraction of sp³-hybridized carbons (Fsp3) is 0.0667. The summed E-state index contributed by atoms with van der Waals surface area (Å²) < 4.78 is 0.933. The van der Waals surface area contributed by atoms with E-state index < -0.39 is 18.1 Å². The van der Waals surface area contributed by atoms with E-state index in [1.54, 1.807) is 0 Å². The minimum absolute atomic E-state index is 0.0545. The minimum Gasteiger partial charge on any atom is -0.508 e. The van der Waals surface area contributed by atoms with Crippen molar-refractivity contribution in [2.75, 3.05) is 0 Å². The summed E-state index contributed by atoms with van der Waals surface area (Å²) in [6.07, 6.45) is 1.28. The summed E-state index contributed by atoms with van der Waals surface area (Å²) in [6, 6.07) is 5.07. The minimum atomic E-state index is -1.23. The maximum absolute atomic E-state index is 12.6. The van der Waals surface area contributed by atoms with Gasteiger partial charge in [0.05, 0.1) is 5.02 Å². The highest BCUT2D eigenvalue weighted by molar-refractivity contribution is 6.31. The molecule has 0 saturated heterocycles. The van der Waals surface area contributed by atoms with Crippen molar-refractivity contribution in [2.45, 2.75) is 6.54 Å². The molecule has 0 atom stereocenters. The van der Waals surface area contributed by atoms with Crippen molar-refractivity contribution in [2.24, 2.45) is 0 Å². The Balaban J connectivity index is 2.38. The fourth-order valence-corrected chi connectivity index (χ4v) is 2.43. The first-order valence-corrected chi connectivity index (χ1v) is 7.05. The van der Waals surface area contributed by atoms with E-state index in [0.717, 1.165) is 10.6 Å². The first-order valence-electron chi connectivity index (χ1n) is 6.67. The molecule has 3 rings (SSSR count). The summed E-state index contributed by atoms with van der Waals surface area (Å²) in [7, 11) is 0. The van der Waals surface area contributed by atoms with Crippen LogP contribution in [0.3, 0.4) is 0 Å². The predicted octanol–water partition coefficient (Wildman–Crippen LogP) is 1.61. The Kier molecular flexibility index (Phi) is 3.82. The molecule has 0 aliphatic heterocycles. The van der Waals surface area contributed by atoms with Crippen LogP contribution in [-0.2, 0) is 11.3 Å². The van der Waals surface area contributed by atoms with Gasteiger partial charge in [-0.05, 0) is 18.2 Å². The van der Waals surface area contributed by atoms with Crippen LogP contribution in [0.2, 0.25) is 5.02 Å². The molecule has 1 aromatic carbocycles. The molecular weight excluding hydrogens is 338 g/mol. The van der Waals surface area contributed by atoms with Crippen LogP contribution in [0.15, 0.2) is 35.3 Å². The molecule has 0 saturated carbocycles. The second-order valence-corrected chi connectivity index (χ2v) is 5.38. The number of pyridine rings is 1. The molecule has 122 valence electrons. The highest BCUT2D eigenvalue weighted by Crippen LogP contribution is 2.30. The van der Waals surface area contributed by atoms with Crippen molar-refractivity contribution in [3.8, 4) is 22.8 Å². The lowest BCUT2D eigenvalue weighted by atomic mass is 10.1. The largest absolute Gasteiger partial charge is 0.508 e. The summed E-state index contributed by atoms with van der Waals surface area (Å²) >= 11 is 5.88. The molecule has 2 aromatic heterocycles. The van der Waals surface area contributed by atoms with Gasteiger partial charge < -0.3 is 15.3 Å². The lowest BCUT2D eigenvalue weighted by Gasteiger charge is -2.11. The predicted molar refractivity (Wildman–Crippen MR) is 85.2 cm³/mol. The van der Waals surface area contributed by atoms with Gasteiger partial charge >= 0.3 is 5.97 Å². The number of phenols is 2. The van der Waals surface area contributed by atoms with Gasteiger partial charge in [0.15, 0.2) is 5.65 Å². The highest BCUT2D eigenvalue weighted by Gasteiger charge is 2.18. The molecule has 0 fully saturated rings. The quantitative estimate of drug-likeness (QED) is 0.657. The van der Waals surface area contributed by atoms with E-state index in [0.29, 0.717) is 0 Å². The van der Waals surface area contributed by atoms with Gasteiger partial charge in [-0.2, -0.15) is 0 Å². The van der Waals surface area contributed by atoms with E-state index in [1.165, 1.54) is 24.4 Å². The average molecular weight is 348 g/mol. The number of phenolic OH excluding ortho intramolecular Hbond substituents is 2. The number of carbonyl (C=O) groups is 1. The van der Waals surface area contributed by atoms with Crippen LogP contribution in [0.4, 0.5) is 0 Å². The summed E-state index contributed by atoms with van der Waals surface area (Å²) in [5.41, 5.74) is -0.593. The van der Waals surface area contributed by atoms with Gasteiger partial charge in [-0.25, -0.2) is 9.97 Å². The second-order valence-electron chi connectivity index (χ2n) is 4.94. The van der Waals surface area contributed by atoms with Crippen LogP contribution >= 0.6 is 11.6 Å². The summed E-state index contributed by atoms with van der Waals surface area (Å²) in [6.45, 7) is -0.627. The van der Waals surface area contributed by atoms with Crippen molar-refractivity contribution in [3.05, 3.63) is 45.8 Å². The van der Waals surface area contributed by atoms with E-state index in [-0.39, 0.29) is 38.9 Å². The van der Waals surface area contributed by atoms with Gasteiger partial charge in [0.1, 0.15) is 29.3 Å². The van der Waals surface area contributed by atoms with Gasteiger partial charge in [0, 0.05) is 17.8 Å². The van der Waals surface area contributed by atoms with Crippen molar-refractivity contribution in [3.63, 3.8) is 0 Å². The van der Waals surface area contributed by atoms with Gasteiger partial charge in [-0.15, -0.1) is 0 Å². The number of nitrogens with zero attached hydrogens (tertiary/aromatic N) is 3. The molecule has 24 heavy (non-hydrogen) atoms. The number of rotatable bonds is 3. The van der Waals surface area contributed by atoms with Crippen molar-refractivity contribution >= 4 is 28.7 Å². The Labute approximate surface area is 139 Å². The monoisotopic (exact) mass is 347 g/mol. The maximum Gasteiger partial charge on any atom is 0.323 e. The molecule has 3 N–H and O–H groups in total. The maximum atomic E-state index is 12.6. The molecule has 0 bridgehead atoms. The lowest BCUT2D eigenvalue weighted by Crippen LogP contribution is -2.27. The Hall–Kier alpha value is -3.13. The molecule has 0 unspecified atom stereocenters. The smallest absolute Gasteiger partial charge is 0.323 e. The fourth-order valence-electron chi connectivity index (χ4n) is 2.28. The number of carboxylic acids is 1. The second kappa shape index (κ2) is 5.82. The normalized spacial score (nSPS) is 10.9. The molecule has 0 aliphatic carbocycles. The van der Waals surface area contributed by atoms with Crippen LogP contribution in [0.25, 0.3) is 22.4 Å². The van der Waals surface area contributed by atoms with Crippen molar-refractivity contribution < 1.29 is 20.1 Å². The summed E-state index contributed by atoms with van der Waals surface area (Å²) in [5, 5.41) is 28.6. The number of hydrogen-bond acceptors (Lipinski definition) is 6. The third kappa shape index (κ3) is 2.74. The number of aromatic hydroxyl groups is 2. The third-order valence-electron chi connectivity index (χ3n) is 3.28. The van der Waals surface area contributed by atoms with Gasteiger partial charge in [0.2, 0.25) is 0 Å². The van der Waals surface area contributed by atoms with E-state index in [4.69, 9.17) is 16.7 Å². The first-order chi connectivity index (χ1) is 11.4. The lowest BCUT2D eigenvalue weighted by molar-refractivity contribution is -0.137. The molecular formula is C15H10ClN3O5. The van der Waals surface area contributed by atoms with Gasteiger partial charge in [-0.1, -0.05) is 11.6 Å². The topological polar surface area (TPSA) is 126 Å². The SMILES string of the molecule is O=C(O)Cn1c(=O)c(-c2ccc(O)cc2O)nc2cc(Cl)cnc21. The van der Waals surface area contributed by atoms with Crippen LogP contribution < -0.4 is 5.56 Å². The standard InChI is InChI=1S/C15H10ClN3O5/c16-7-3-10-14(17-5-7)19(6-12(22)23)15(24)13(18-10)9-2-1-8(20)4-11(9)21/h1-5,20-21H,6H2,(H,22,23). The number of carboxylic acid groups (broad SMARTS) is 1. The van der Waals surface area contributed by atoms with Crippen molar-refractivity contribution in [1.82, 2.24) is 14.5 Å². The Morgan fingerprint density at radius 2 is 2.00 bits per heavy atom. The van der Waals surface area contributed by atoms with Crippen LogP contribution in [0.1, 0.15) is 0 Å². The van der Waals surface area contributed by atoms with E-state index >= 15 is 0 Å². The van der Waals surface area contributed by atoms with Crippen LogP contribution in [-0.4, -0.2) is 35.8 Å².